The van der Waals surface area contributed by atoms with Gasteiger partial charge in [0.25, 0.3) is 0 Å². The number of rotatable bonds is 4. The van der Waals surface area contributed by atoms with Gasteiger partial charge in [-0.05, 0) is 19.1 Å². The monoisotopic (exact) mass is 314 g/mol. The zero-order chi connectivity index (χ0) is 16.3. The Hall–Kier alpha value is -2.51. The number of esters is 1. The summed E-state index contributed by atoms with van der Waals surface area (Å²) in [5, 5.41) is 3.68. The smallest absolute Gasteiger partial charge is 0.434 e. The lowest BCUT2D eigenvalue weighted by Gasteiger charge is -2.14. The molecule has 0 radical (unpaired) electrons. The fourth-order valence-corrected chi connectivity index (χ4v) is 1.97. The number of halogens is 3. The number of ether oxygens (including phenoxy) is 2. The Labute approximate surface area is 124 Å². The highest BCUT2D eigenvalue weighted by Crippen LogP contribution is 2.35. The number of carbonyl (C=O) groups excluding carboxylic acids is 1. The molecule has 1 heterocycles. The molecule has 1 aromatic carbocycles. The predicted molar refractivity (Wildman–Crippen MR) is 71.1 cm³/mol. The minimum absolute atomic E-state index is 0.0318. The molecule has 8 heteroatoms. The number of carbonyl (C=O) groups is 1. The van der Waals surface area contributed by atoms with E-state index >= 15 is 0 Å². The molecule has 2 aromatic rings. The Morgan fingerprint density at radius 1 is 1.32 bits per heavy atom. The summed E-state index contributed by atoms with van der Waals surface area (Å²) in [6.45, 7) is 1.48. The molecule has 0 saturated carbocycles. The SMILES string of the molecule is CCOC(=O)c1cnn(-c2ccccc2OC)c1C(F)(F)F. The minimum atomic E-state index is -4.78. The Balaban J connectivity index is 2.65. The summed E-state index contributed by atoms with van der Waals surface area (Å²) >= 11 is 0. The maximum absolute atomic E-state index is 13.4. The van der Waals surface area contributed by atoms with Crippen LogP contribution in [0, 0.1) is 0 Å². The van der Waals surface area contributed by atoms with Crippen LogP contribution in [0.1, 0.15) is 23.0 Å². The number of alkyl halides is 3. The third-order valence-electron chi connectivity index (χ3n) is 2.85. The van der Waals surface area contributed by atoms with Crippen molar-refractivity contribution in [3.8, 4) is 11.4 Å². The summed E-state index contributed by atoms with van der Waals surface area (Å²) in [4.78, 5) is 11.7. The van der Waals surface area contributed by atoms with Gasteiger partial charge in [0.05, 0.1) is 19.9 Å². The molecule has 5 nitrogen and oxygen atoms in total. The van der Waals surface area contributed by atoms with E-state index in [2.05, 4.69) is 9.84 Å². The number of para-hydroxylation sites is 2. The summed E-state index contributed by atoms with van der Waals surface area (Å²) < 4.78 is 50.4. The highest BCUT2D eigenvalue weighted by atomic mass is 19.4. The fraction of sp³-hybridized carbons (Fsp3) is 0.286. The highest BCUT2D eigenvalue weighted by Gasteiger charge is 2.41. The van der Waals surface area contributed by atoms with Crippen LogP contribution in [0.2, 0.25) is 0 Å². The molecule has 22 heavy (non-hydrogen) atoms. The van der Waals surface area contributed by atoms with Crippen molar-refractivity contribution in [2.24, 2.45) is 0 Å². The number of aromatic nitrogens is 2. The minimum Gasteiger partial charge on any atom is -0.494 e. The Bertz CT molecular complexity index is 680. The molecule has 0 fully saturated rings. The molecule has 0 atom stereocenters. The first-order valence-corrected chi connectivity index (χ1v) is 6.35. The van der Waals surface area contributed by atoms with Gasteiger partial charge in [0.15, 0.2) is 5.69 Å². The van der Waals surface area contributed by atoms with Crippen molar-refractivity contribution in [2.45, 2.75) is 13.1 Å². The normalized spacial score (nSPS) is 11.3. The second kappa shape index (κ2) is 6.08. The van der Waals surface area contributed by atoms with Crippen LogP contribution in [-0.4, -0.2) is 29.5 Å². The van der Waals surface area contributed by atoms with E-state index in [1.807, 2.05) is 0 Å². The van der Waals surface area contributed by atoms with E-state index in [1.54, 1.807) is 12.1 Å². The van der Waals surface area contributed by atoms with E-state index in [0.29, 0.717) is 4.68 Å². The molecule has 0 bridgehead atoms. The maximum Gasteiger partial charge on any atom is 0.434 e. The largest absolute Gasteiger partial charge is 0.494 e. The van der Waals surface area contributed by atoms with Gasteiger partial charge >= 0.3 is 12.1 Å². The summed E-state index contributed by atoms with van der Waals surface area (Å²) in [6.07, 6.45) is -3.94. The van der Waals surface area contributed by atoms with Crippen molar-refractivity contribution in [3.05, 3.63) is 41.7 Å². The van der Waals surface area contributed by atoms with Gasteiger partial charge in [-0.2, -0.15) is 18.3 Å². The van der Waals surface area contributed by atoms with E-state index in [1.165, 1.54) is 26.2 Å². The third kappa shape index (κ3) is 2.90. The molecule has 0 aliphatic carbocycles. The van der Waals surface area contributed by atoms with Gasteiger partial charge in [-0.1, -0.05) is 12.1 Å². The van der Waals surface area contributed by atoms with Crippen molar-refractivity contribution in [1.29, 1.82) is 0 Å². The van der Waals surface area contributed by atoms with Gasteiger partial charge in [-0.25, -0.2) is 9.48 Å². The fourth-order valence-electron chi connectivity index (χ4n) is 1.97. The van der Waals surface area contributed by atoms with E-state index in [-0.39, 0.29) is 18.0 Å². The Morgan fingerprint density at radius 3 is 2.59 bits per heavy atom. The molecule has 0 aliphatic rings. The second-order valence-electron chi connectivity index (χ2n) is 4.21. The second-order valence-corrected chi connectivity index (χ2v) is 4.21. The van der Waals surface area contributed by atoms with Crippen LogP contribution < -0.4 is 4.74 Å². The molecule has 2 rings (SSSR count). The first-order valence-electron chi connectivity index (χ1n) is 6.35. The third-order valence-corrected chi connectivity index (χ3v) is 2.85. The van der Waals surface area contributed by atoms with Crippen LogP contribution in [0.25, 0.3) is 5.69 Å². The van der Waals surface area contributed by atoms with E-state index in [0.717, 1.165) is 6.20 Å². The van der Waals surface area contributed by atoms with Gasteiger partial charge in [-0.15, -0.1) is 0 Å². The Kier molecular flexibility index (Phi) is 4.39. The number of benzene rings is 1. The van der Waals surface area contributed by atoms with Gasteiger partial charge in [-0.3, -0.25) is 0 Å². The molecule has 0 aliphatic heterocycles. The lowest BCUT2D eigenvalue weighted by molar-refractivity contribution is -0.143. The van der Waals surface area contributed by atoms with E-state index in [9.17, 15) is 18.0 Å². The maximum atomic E-state index is 13.4. The van der Waals surface area contributed by atoms with Crippen molar-refractivity contribution >= 4 is 5.97 Å². The molecular weight excluding hydrogens is 301 g/mol. The van der Waals surface area contributed by atoms with Crippen molar-refractivity contribution in [3.63, 3.8) is 0 Å². The summed E-state index contributed by atoms with van der Waals surface area (Å²) in [5.74, 6) is -0.873. The molecular formula is C14H13F3N2O3. The topological polar surface area (TPSA) is 53.3 Å². The van der Waals surface area contributed by atoms with Gasteiger partial charge < -0.3 is 9.47 Å². The molecule has 118 valence electrons. The Morgan fingerprint density at radius 2 is 2.00 bits per heavy atom. The summed E-state index contributed by atoms with van der Waals surface area (Å²) in [6, 6.07) is 6.08. The number of nitrogens with zero attached hydrogens (tertiary/aromatic N) is 2. The van der Waals surface area contributed by atoms with Crippen molar-refractivity contribution in [2.75, 3.05) is 13.7 Å². The molecule has 1 aromatic heterocycles. The number of methoxy groups -OCH3 is 1. The molecule has 0 N–H and O–H groups in total. The van der Waals surface area contributed by atoms with Crippen LogP contribution in [-0.2, 0) is 10.9 Å². The highest BCUT2D eigenvalue weighted by molar-refractivity contribution is 5.90. The standard InChI is InChI=1S/C14H13F3N2O3/c1-3-22-13(20)9-8-18-19(12(9)14(15,16)17)10-6-4-5-7-11(10)21-2/h4-8H,3H2,1-2H3. The molecule has 0 spiro atoms. The van der Waals surface area contributed by atoms with Crippen LogP contribution in [0.3, 0.4) is 0 Å². The average Bonchev–Trinajstić information content (AvgIpc) is 2.92. The quantitative estimate of drug-likeness (QED) is 0.814. The lowest BCUT2D eigenvalue weighted by atomic mass is 10.2. The average molecular weight is 314 g/mol. The van der Waals surface area contributed by atoms with E-state index < -0.39 is 23.4 Å². The van der Waals surface area contributed by atoms with Crippen LogP contribution in [0.5, 0.6) is 5.75 Å². The van der Waals surface area contributed by atoms with Crippen molar-refractivity contribution < 1.29 is 27.4 Å². The van der Waals surface area contributed by atoms with Crippen LogP contribution >= 0.6 is 0 Å². The predicted octanol–water partition coefficient (Wildman–Crippen LogP) is 3.08. The number of hydrogen-bond acceptors (Lipinski definition) is 4. The zero-order valence-electron chi connectivity index (χ0n) is 11.8. The first kappa shape index (κ1) is 15.9. The van der Waals surface area contributed by atoms with Gasteiger partial charge in [0.1, 0.15) is 17.0 Å². The van der Waals surface area contributed by atoms with Crippen LogP contribution in [0.4, 0.5) is 13.2 Å². The summed E-state index contributed by atoms with van der Waals surface area (Å²) in [7, 11) is 1.34. The zero-order valence-corrected chi connectivity index (χ0v) is 11.8. The van der Waals surface area contributed by atoms with Crippen LogP contribution in [0.15, 0.2) is 30.5 Å². The van der Waals surface area contributed by atoms with Gasteiger partial charge in [0, 0.05) is 0 Å². The van der Waals surface area contributed by atoms with E-state index in [4.69, 9.17) is 4.74 Å². The lowest BCUT2D eigenvalue weighted by Crippen LogP contribution is -2.18. The van der Waals surface area contributed by atoms with Crippen molar-refractivity contribution in [1.82, 2.24) is 9.78 Å². The first-order chi connectivity index (χ1) is 10.4. The summed E-state index contributed by atoms with van der Waals surface area (Å²) in [5.41, 5.74) is -1.76. The number of hydrogen-bond donors (Lipinski definition) is 0. The molecule has 0 unspecified atom stereocenters. The molecule has 0 amide bonds. The molecule has 0 saturated heterocycles. The van der Waals surface area contributed by atoms with Gasteiger partial charge in [0.2, 0.25) is 0 Å².